The highest BCUT2D eigenvalue weighted by molar-refractivity contribution is 6.00. The van der Waals surface area contributed by atoms with Crippen molar-refractivity contribution in [2.75, 3.05) is 6.61 Å². The number of imide groups is 1. The van der Waals surface area contributed by atoms with Crippen molar-refractivity contribution in [3.63, 3.8) is 0 Å². The molecule has 3 rings (SSSR count). The lowest BCUT2D eigenvalue weighted by atomic mass is 10.3. The molecule has 2 aromatic rings. The molecule has 1 fully saturated rings. The fourth-order valence-electron chi connectivity index (χ4n) is 1.77. The molecule has 2 heterocycles. The Hall–Kier alpha value is -2.21. The van der Waals surface area contributed by atoms with Gasteiger partial charge in [0.15, 0.2) is 6.10 Å². The van der Waals surface area contributed by atoms with Gasteiger partial charge in [0.1, 0.15) is 12.4 Å². The number of para-hydroxylation sites is 2. The van der Waals surface area contributed by atoms with E-state index in [0.29, 0.717) is 5.82 Å². The van der Waals surface area contributed by atoms with E-state index in [2.05, 4.69) is 15.3 Å². The second-order valence-corrected chi connectivity index (χ2v) is 3.74. The van der Waals surface area contributed by atoms with Crippen LogP contribution in [0.25, 0.3) is 11.0 Å². The maximum absolute atomic E-state index is 11.6. The zero-order valence-corrected chi connectivity index (χ0v) is 8.77. The van der Waals surface area contributed by atoms with Crippen molar-refractivity contribution >= 4 is 22.8 Å². The molecular weight excluding hydrogens is 222 g/mol. The van der Waals surface area contributed by atoms with Gasteiger partial charge in [-0.25, -0.2) is 4.98 Å². The summed E-state index contributed by atoms with van der Waals surface area (Å²) in [5, 5.41) is 2.21. The standard InChI is InChI=1S/C11H9N3O3/c15-8-5-17-9(11(16)14-8)10-12-6-3-1-2-4-7(6)13-10/h1-4,9H,5H2,(H,12,13)(H,14,15,16). The molecule has 1 saturated heterocycles. The second-order valence-electron chi connectivity index (χ2n) is 3.74. The van der Waals surface area contributed by atoms with Gasteiger partial charge in [0, 0.05) is 0 Å². The third kappa shape index (κ3) is 1.68. The van der Waals surface area contributed by atoms with E-state index in [1.807, 2.05) is 24.3 Å². The Balaban J connectivity index is 1.98. The average molecular weight is 231 g/mol. The van der Waals surface area contributed by atoms with Gasteiger partial charge in [-0.05, 0) is 12.1 Å². The first-order valence-corrected chi connectivity index (χ1v) is 5.14. The highest BCUT2D eigenvalue weighted by Gasteiger charge is 2.31. The Morgan fingerprint density at radius 1 is 1.29 bits per heavy atom. The number of carbonyl (C=O) groups excluding carboxylic acids is 2. The van der Waals surface area contributed by atoms with Crippen LogP contribution in [0.4, 0.5) is 0 Å². The zero-order chi connectivity index (χ0) is 11.8. The molecule has 1 aliphatic rings. The van der Waals surface area contributed by atoms with E-state index < -0.39 is 17.9 Å². The van der Waals surface area contributed by atoms with Crippen molar-refractivity contribution in [2.24, 2.45) is 0 Å². The number of carbonyl (C=O) groups is 2. The van der Waals surface area contributed by atoms with Crippen LogP contribution in [-0.4, -0.2) is 28.4 Å². The van der Waals surface area contributed by atoms with E-state index in [1.165, 1.54) is 0 Å². The van der Waals surface area contributed by atoms with Crippen LogP contribution < -0.4 is 5.32 Å². The zero-order valence-electron chi connectivity index (χ0n) is 8.77. The second kappa shape index (κ2) is 3.67. The molecule has 86 valence electrons. The highest BCUT2D eigenvalue weighted by atomic mass is 16.5. The quantitative estimate of drug-likeness (QED) is 0.690. The molecule has 0 spiro atoms. The fourth-order valence-corrected chi connectivity index (χ4v) is 1.77. The largest absolute Gasteiger partial charge is 0.350 e. The topological polar surface area (TPSA) is 84.1 Å². The lowest BCUT2D eigenvalue weighted by Crippen LogP contribution is -2.44. The summed E-state index contributed by atoms with van der Waals surface area (Å²) in [5.74, 6) is -0.501. The van der Waals surface area contributed by atoms with Crippen LogP contribution >= 0.6 is 0 Å². The molecule has 1 aromatic heterocycles. The van der Waals surface area contributed by atoms with Gasteiger partial charge < -0.3 is 9.72 Å². The van der Waals surface area contributed by atoms with Gasteiger partial charge in [0.05, 0.1) is 11.0 Å². The molecular formula is C11H9N3O3. The number of rotatable bonds is 1. The molecule has 0 bridgehead atoms. The average Bonchev–Trinajstić information content (AvgIpc) is 2.72. The van der Waals surface area contributed by atoms with Gasteiger partial charge in [-0.15, -0.1) is 0 Å². The Morgan fingerprint density at radius 3 is 2.88 bits per heavy atom. The van der Waals surface area contributed by atoms with Crippen molar-refractivity contribution in [1.29, 1.82) is 0 Å². The smallest absolute Gasteiger partial charge is 0.263 e. The summed E-state index contributed by atoms with van der Waals surface area (Å²) in [6.45, 7) is -0.131. The van der Waals surface area contributed by atoms with Crippen molar-refractivity contribution < 1.29 is 14.3 Å². The number of aromatic amines is 1. The molecule has 1 unspecified atom stereocenters. The summed E-state index contributed by atoms with van der Waals surface area (Å²) < 4.78 is 5.16. The van der Waals surface area contributed by atoms with Crippen LogP contribution in [0.5, 0.6) is 0 Å². The number of nitrogens with zero attached hydrogens (tertiary/aromatic N) is 1. The maximum Gasteiger partial charge on any atom is 0.263 e. The molecule has 2 amide bonds. The molecule has 0 saturated carbocycles. The van der Waals surface area contributed by atoms with E-state index in [-0.39, 0.29) is 6.61 Å². The Morgan fingerprint density at radius 2 is 2.12 bits per heavy atom. The number of morpholine rings is 1. The summed E-state index contributed by atoms with van der Waals surface area (Å²) in [7, 11) is 0. The lowest BCUT2D eigenvalue weighted by Gasteiger charge is -2.19. The molecule has 0 radical (unpaired) electrons. The number of hydrogen-bond donors (Lipinski definition) is 2. The van der Waals surface area contributed by atoms with Gasteiger partial charge in [0.2, 0.25) is 0 Å². The van der Waals surface area contributed by atoms with Crippen LogP contribution in [0.1, 0.15) is 11.9 Å². The van der Waals surface area contributed by atoms with Crippen molar-refractivity contribution in [3.8, 4) is 0 Å². The molecule has 17 heavy (non-hydrogen) atoms. The summed E-state index contributed by atoms with van der Waals surface area (Å²) >= 11 is 0. The summed E-state index contributed by atoms with van der Waals surface area (Å²) in [4.78, 5) is 29.8. The third-order valence-corrected chi connectivity index (χ3v) is 2.54. The first-order chi connectivity index (χ1) is 8.24. The number of fused-ring (bicyclic) bond motifs is 1. The van der Waals surface area contributed by atoms with E-state index in [4.69, 9.17) is 4.74 Å². The Kier molecular flexibility index (Phi) is 2.15. The number of benzene rings is 1. The number of aromatic nitrogens is 2. The Bertz CT molecular complexity index is 572. The van der Waals surface area contributed by atoms with Gasteiger partial charge >= 0.3 is 0 Å². The van der Waals surface area contributed by atoms with E-state index in [9.17, 15) is 9.59 Å². The monoisotopic (exact) mass is 231 g/mol. The van der Waals surface area contributed by atoms with Crippen LogP contribution in [0.15, 0.2) is 24.3 Å². The molecule has 2 N–H and O–H groups in total. The first kappa shape index (κ1) is 9.98. The molecule has 1 aliphatic heterocycles. The minimum absolute atomic E-state index is 0.131. The van der Waals surface area contributed by atoms with Crippen molar-refractivity contribution in [2.45, 2.75) is 6.10 Å². The van der Waals surface area contributed by atoms with Gasteiger partial charge in [0.25, 0.3) is 11.8 Å². The molecule has 1 aromatic carbocycles. The van der Waals surface area contributed by atoms with Gasteiger partial charge in [-0.1, -0.05) is 12.1 Å². The molecule has 1 atom stereocenters. The SMILES string of the molecule is O=C1COC(c2nc3ccccc3[nH]2)C(=O)N1. The lowest BCUT2D eigenvalue weighted by molar-refractivity contribution is -0.150. The predicted molar refractivity (Wildman–Crippen MR) is 57.9 cm³/mol. The number of nitrogens with one attached hydrogen (secondary N) is 2. The van der Waals surface area contributed by atoms with Crippen molar-refractivity contribution in [3.05, 3.63) is 30.1 Å². The highest BCUT2D eigenvalue weighted by Crippen LogP contribution is 2.20. The number of amides is 2. The first-order valence-electron chi connectivity index (χ1n) is 5.14. The number of hydrogen-bond acceptors (Lipinski definition) is 4. The van der Waals surface area contributed by atoms with Crippen LogP contribution in [0.2, 0.25) is 0 Å². The number of H-pyrrole nitrogens is 1. The summed E-state index contributed by atoms with van der Waals surface area (Å²) in [6.07, 6.45) is -0.847. The van der Waals surface area contributed by atoms with E-state index in [0.717, 1.165) is 11.0 Å². The van der Waals surface area contributed by atoms with Gasteiger partial charge in [-0.2, -0.15) is 0 Å². The van der Waals surface area contributed by atoms with E-state index >= 15 is 0 Å². The predicted octanol–water partition coefficient (Wildman–Crippen LogP) is 0.277. The Labute approximate surface area is 96.0 Å². The number of ether oxygens (including phenoxy) is 1. The molecule has 0 aliphatic carbocycles. The van der Waals surface area contributed by atoms with Crippen LogP contribution in [-0.2, 0) is 14.3 Å². The van der Waals surface area contributed by atoms with E-state index in [1.54, 1.807) is 0 Å². The van der Waals surface area contributed by atoms with Crippen LogP contribution in [0.3, 0.4) is 0 Å². The molecule has 6 heteroatoms. The fraction of sp³-hybridized carbons (Fsp3) is 0.182. The normalized spacial score (nSPS) is 20.6. The summed E-state index contributed by atoms with van der Waals surface area (Å²) in [5.41, 5.74) is 1.59. The number of imidazole rings is 1. The van der Waals surface area contributed by atoms with Crippen molar-refractivity contribution in [1.82, 2.24) is 15.3 Å². The minimum Gasteiger partial charge on any atom is -0.350 e. The third-order valence-electron chi connectivity index (χ3n) is 2.54. The maximum atomic E-state index is 11.6. The van der Waals surface area contributed by atoms with Crippen LogP contribution in [0, 0.1) is 0 Å². The minimum atomic E-state index is -0.847. The van der Waals surface area contributed by atoms with Gasteiger partial charge in [-0.3, -0.25) is 14.9 Å². The molecule has 6 nitrogen and oxygen atoms in total. The summed E-state index contributed by atoms with van der Waals surface area (Å²) in [6, 6.07) is 7.42.